The highest BCUT2D eigenvalue weighted by Gasteiger charge is 2.18. The maximum atomic E-state index is 12.9. The van der Waals surface area contributed by atoms with Crippen molar-refractivity contribution in [3.05, 3.63) is 82.0 Å². The highest BCUT2D eigenvalue weighted by Crippen LogP contribution is 2.26. The number of nitrogens with one attached hydrogen (secondary N) is 2. The highest BCUT2D eigenvalue weighted by atomic mass is 35.5. The molecule has 0 saturated carbocycles. The first kappa shape index (κ1) is 21.9. The van der Waals surface area contributed by atoms with E-state index in [1.165, 1.54) is 11.8 Å². The van der Waals surface area contributed by atoms with Crippen LogP contribution in [0.15, 0.2) is 59.6 Å². The van der Waals surface area contributed by atoms with Crippen LogP contribution < -0.4 is 10.6 Å². The average molecular weight is 440 g/mol. The van der Waals surface area contributed by atoms with Gasteiger partial charge in [-0.25, -0.2) is 4.98 Å². The van der Waals surface area contributed by atoms with Crippen molar-refractivity contribution < 1.29 is 9.59 Å². The lowest BCUT2D eigenvalue weighted by molar-refractivity contribution is -0.113. The Morgan fingerprint density at radius 1 is 0.967 bits per heavy atom. The molecule has 0 saturated heterocycles. The molecule has 2 N–H and O–H groups in total. The van der Waals surface area contributed by atoms with Gasteiger partial charge >= 0.3 is 0 Å². The fraction of sp³-hybridized carbons (Fsp3) is 0.174. The van der Waals surface area contributed by atoms with Crippen molar-refractivity contribution in [1.29, 1.82) is 0 Å². The summed E-state index contributed by atoms with van der Waals surface area (Å²) in [7, 11) is 0. The van der Waals surface area contributed by atoms with E-state index in [0.717, 1.165) is 22.5 Å². The normalized spacial score (nSPS) is 10.5. The zero-order valence-electron chi connectivity index (χ0n) is 17.0. The van der Waals surface area contributed by atoms with Crippen molar-refractivity contribution in [2.75, 3.05) is 16.4 Å². The molecule has 7 heteroatoms. The number of benzene rings is 2. The van der Waals surface area contributed by atoms with E-state index in [2.05, 4.69) is 15.6 Å². The molecule has 30 heavy (non-hydrogen) atoms. The number of rotatable bonds is 6. The number of nitrogens with zero attached hydrogens (tertiary/aromatic N) is 1. The third kappa shape index (κ3) is 5.84. The van der Waals surface area contributed by atoms with Gasteiger partial charge in [0.05, 0.1) is 11.3 Å². The first-order chi connectivity index (χ1) is 14.3. The van der Waals surface area contributed by atoms with Crippen molar-refractivity contribution in [2.45, 2.75) is 25.8 Å². The maximum absolute atomic E-state index is 12.9. The number of hydrogen-bond donors (Lipinski definition) is 2. The van der Waals surface area contributed by atoms with Gasteiger partial charge in [-0.2, -0.15) is 0 Å². The van der Waals surface area contributed by atoms with Crippen molar-refractivity contribution in [2.24, 2.45) is 0 Å². The van der Waals surface area contributed by atoms with E-state index < -0.39 is 0 Å². The minimum Gasteiger partial charge on any atom is -0.325 e. The first-order valence-corrected chi connectivity index (χ1v) is 10.7. The Hall–Kier alpha value is -2.83. The van der Waals surface area contributed by atoms with Crippen LogP contribution >= 0.6 is 23.4 Å². The smallest absolute Gasteiger partial charge is 0.258 e. The van der Waals surface area contributed by atoms with Gasteiger partial charge in [-0.05, 0) is 62.7 Å². The Morgan fingerprint density at radius 3 is 2.40 bits per heavy atom. The quantitative estimate of drug-likeness (QED) is 0.487. The van der Waals surface area contributed by atoms with E-state index in [9.17, 15) is 9.59 Å². The molecule has 0 fully saturated rings. The molecule has 3 rings (SSSR count). The largest absolute Gasteiger partial charge is 0.325 e. The van der Waals surface area contributed by atoms with E-state index in [4.69, 9.17) is 11.6 Å². The Bertz CT molecular complexity index is 1080. The van der Waals surface area contributed by atoms with E-state index in [1.54, 1.807) is 24.3 Å². The van der Waals surface area contributed by atoms with Crippen LogP contribution in [0.2, 0.25) is 5.02 Å². The fourth-order valence-corrected chi connectivity index (χ4v) is 4.05. The number of aromatic nitrogens is 1. The lowest BCUT2D eigenvalue weighted by atomic mass is 10.1. The van der Waals surface area contributed by atoms with Gasteiger partial charge in [0.15, 0.2) is 0 Å². The van der Waals surface area contributed by atoms with Gasteiger partial charge in [0.1, 0.15) is 5.03 Å². The second-order valence-electron chi connectivity index (χ2n) is 6.93. The molecule has 0 aliphatic rings. The van der Waals surface area contributed by atoms with Gasteiger partial charge in [0.25, 0.3) is 5.91 Å². The monoisotopic (exact) mass is 439 g/mol. The Labute approximate surface area is 185 Å². The summed E-state index contributed by atoms with van der Waals surface area (Å²) in [5.74, 6) is -0.309. The van der Waals surface area contributed by atoms with Gasteiger partial charge in [-0.3, -0.25) is 9.59 Å². The number of aryl methyl sites for hydroxylation is 3. The van der Waals surface area contributed by atoms with E-state index >= 15 is 0 Å². The number of amides is 2. The number of halogens is 1. The second kappa shape index (κ2) is 9.78. The molecule has 0 atom stereocenters. The van der Waals surface area contributed by atoms with Crippen LogP contribution in [0.4, 0.5) is 11.4 Å². The third-order valence-corrected chi connectivity index (χ3v) is 5.51. The minimum atomic E-state index is -0.288. The van der Waals surface area contributed by atoms with Gasteiger partial charge in [0, 0.05) is 22.1 Å². The Balaban J connectivity index is 1.74. The first-order valence-electron chi connectivity index (χ1n) is 9.36. The summed E-state index contributed by atoms with van der Waals surface area (Å²) >= 11 is 7.24. The number of anilines is 2. The molecule has 3 aromatic rings. The third-order valence-electron chi connectivity index (χ3n) is 4.30. The standard InChI is InChI=1S/C23H22ClN3O2S/c1-14-7-9-18(10-8-14)26-20(28)13-30-23-21(15(2)11-16(3)25-23)22(29)27-19-6-4-5-17(24)12-19/h4-12H,13H2,1-3H3,(H,26,28)(H,27,29). The number of pyridine rings is 1. The van der Waals surface area contributed by atoms with Crippen LogP contribution in [0.25, 0.3) is 0 Å². The van der Waals surface area contributed by atoms with E-state index in [0.29, 0.717) is 21.3 Å². The molecule has 2 aromatic carbocycles. The zero-order valence-corrected chi connectivity index (χ0v) is 18.5. The average Bonchev–Trinajstić information content (AvgIpc) is 2.67. The van der Waals surface area contributed by atoms with Gasteiger partial charge < -0.3 is 10.6 Å². The second-order valence-corrected chi connectivity index (χ2v) is 8.33. The molecule has 5 nitrogen and oxygen atoms in total. The molecule has 0 bridgehead atoms. The summed E-state index contributed by atoms with van der Waals surface area (Å²) in [5, 5.41) is 6.77. The van der Waals surface area contributed by atoms with Crippen molar-refractivity contribution in [3.63, 3.8) is 0 Å². The molecule has 0 aliphatic carbocycles. The molecule has 154 valence electrons. The molecule has 1 heterocycles. The van der Waals surface area contributed by atoms with E-state index in [1.807, 2.05) is 51.1 Å². The molecular weight excluding hydrogens is 418 g/mol. The summed E-state index contributed by atoms with van der Waals surface area (Å²) in [6, 6.07) is 16.4. The number of carbonyl (C=O) groups is 2. The number of hydrogen-bond acceptors (Lipinski definition) is 4. The zero-order chi connectivity index (χ0) is 21.7. The molecule has 2 amide bonds. The van der Waals surface area contributed by atoms with E-state index in [-0.39, 0.29) is 17.6 Å². The van der Waals surface area contributed by atoms with Gasteiger partial charge in [-0.15, -0.1) is 0 Å². The van der Waals surface area contributed by atoms with Crippen LogP contribution in [0.5, 0.6) is 0 Å². The Morgan fingerprint density at radius 2 is 1.70 bits per heavy atom. The Kier molecular flexibility index (Phi) is 7.13. The summed E-state index contributed by atoms with van der Waals surface area (Å²) in [4.78, 5) is 29.8. The molecule has 0 aliphatic heterocycles. The topological polar surface area (TPSA) is 71.1 Å². The van der Waals surface area contributed by atoms with Crippen LogP contribution in [0, 0.1) is 20.8 Å². The van der Waals surface area contributed by atoms with Gasteiger partial charge in [0.2, 0.25) is 5.91 Å². The minimum absolute atomic E-state index is 0.140. The van der Waals surface area contributed by atoms with Crippen molar-refractivity contribution in [3.8, 4) is 0 Å². The van der Waals surface area contributed by atoms with Crippen LogP contribution in [0.1, 0.15) is 27.2 Å². The summed E-state index contributed by atoms with van der Waals surface area (Å²) in [5.41, 5.74) is 4.49. The lowest BCUT2D eigenvalue weighted by Crippen LogP contribution is -2.18. The fourth-order valence-electron chi connectivity index (χ4n) is 2.91. The molecular formula is C23H22ClN3O2S. The van der Waals surface area contributed by atoms with Crippen molar-refractivity contribution in [1.82, 2.24) is 4.98 Å². The predicted molar refractivity (Wildman–Crippen MR) is 124 cm³/mol. The van der Waals surface area contributed by atoms with Crippen LogP contribution in [-0.4, -0.2) is 22.6 Å². The molecule has 0 spiro atoms. The summed E-state index contributed by atoms with van der Waals surface area (Å²) in [6.07, 6.45) is 0. The predicted octanol–water partition coefficient (Wildman–Crippen LogP) is 5.64. The van der Waals surface area contributed by atoms with Gasteiger partial charge in [-0.1, -0.05) is 47.1 Å². The number of carbonyl (C=O) groups excluding carboxylic acids is 2. The lowest BCUT2D eigenvalue weighted by Gasteiger charge is -2.13. The summed E-state index contributed by atoms with van der Waals surface area (Å²) in [6.45, 7) is 5.71. The highest BCUT2D eigenvalue weighted by molar-refractivity contribution is 8.00. The maximum Gasteiger partial charge on any atom is 0.258 e. The molecule has 1 aromatic heterocycles. The van der Waals surface area contributed by atoms with Crippen LogP contribution in [-0.2, 0) is 4.79 Å². The summed E-state index contributed by atoms with van der Waals surface area (Å²) < 4.78 is 0. The molecule has 0 radical (unpaired) electrons. The number of thioether (sulfide) groups is 1. The molecule has 0 unspecified atom stereocenters. The van der Waals surface area contributed by atoms with Crippen LogP contribution in [0.3, 0.4) is 0 Å². The SMILES string of the molecule is Cc1ccc(NC(=O)CSc2nc(C)cc(C)c2C(=O)Nc2cccc(Cl)c2)cc1. The van der Waals surface area contributed by atoms with Crippen molar-refractivity contribution >= 4 is 46.6 Å².